The van der Waals surface area contributed by atoms with Crippen LogP contribution in [0.3, 0.4) is 0 Å². The fourth-order valence-corrected chi connectivity index (χ4v) is 2.24. The molecule has 94 valence electrons. The van der Waals surface area contributed by atoms with Crippen LogP contribution < -0.4 is 0 Å². The van der Waals surface area contributed by atoms with E-state index >= 15 is 0 Å². The molecule has 0 amide bonds. The topological polar surface area (TPSA) is 88.5 Å². The Morgan fingerprint density at radius 1 is 1.06 bits per heavy atom. The van der Waals surface area contributed by atoms with Gasteiger partial charge < -0.3 is 0 Å². The second kappa shape index (κ2) is 6.25. The average molecular weight is 278 g/mol. The molecule has 0 saturated carbocycles. The molecule has 0 atom stereocenters. The van der Waals surface area contributed by atoms with Crippen LogP contribution in [0.4, 0.5) is 13.2 Å². The Labute approximate surface area is 103 Å². The molecule has 1 rings (SSSR count). The van der Waals surface area contributed by atoms with Crippen LogP contribution in [0, 0.1) is 0 Å². The van der Waals surface area contributed by atoms with E-state index in [0.717, 1.165) is 12.8 Å². The molecule has 0 aliphatic carbocycles. The Bertz CT molecular complexity index is 386. The summed E-state index contributed by atoms with van der Waals surface area (Å²) in [5.74, 6) is 0.847. The molecule has 0 aromatic heterocycles. The first kappa shape index (κ1) is 18.6. The molecule has 0 bridgehead atoms. The minimum absolute atomic E-state index is 0. The number of halogens is 3. The molecule has 0 radical (unpaired) electrons. The third-order valence-electron chi connectivity index (χ3n) is 1.45. The molecule has 1 fully saturated rings. The van der Waals surface area contributed by atoms with Gasteiger partial charge in [-0.25, -0.2) is 8.42 Å². The van der Waals surface area contributed by atoms with Gasteiger partial charge in [-0.05, 0) is 12.8 Å². The molecular weight excluding hydrogens is 268 g/mol. The van der Waals surface area contributed by atoms with E-state index in [-0.39, 0.29) is 18.9 Å². The van der Waals surface area contributed by atoms with Crippen molar-refractivity contribution in [3.63, 3.8) is 0 Å². The molecule has 0 aromatic carbocycles. The molecule has 1 aliphatic rings. The zero-order chi connectivity index (χ0) is 12.3. The van der Waals surface area contributed by atoms with Gasteiger partial charge in [0.25, 0.3) is 0 Å². The average Bonchev–Trinajstić information content (AvgIpc) is 2.30. The SMILES string of the molecule is O=S(=O)(O)C(F)(F)F.O=S1(=O)CCCC1.[LiH]. The Kier molecular flexibility index (Phi) is 7.27. The molecule has 0 spiro atoms. The molecule has 1 N–H and O–H groups in total. The van der Waals surface area contributed by atoms with E-state index in [2.05, 4.69) is 0 Å². The second-order valence-electron chi connectivity index (χ2n) is 2.78. The van der Waals surface area contributed by atoms with E-state index < -0.39 is 25.5 Å². The molecule has 1 aliphatic heterocycles. The third-order valence-corrected chi connectivity index (χ3v) is 3.86. The van der Waals surface area contributed by atoms with Crippen molar-refractivity contribution in [2.45, 2.75) is 18.3 Å². The first-order chi connectivity index (χ1) is 6.46. The molecule has 1 saturated heterocycles. The first-order valence-corrected chi connectivity index (χ1v) is 6.96. The van der Waals surface area contributed by atoms with Gasteiger partial charge in [0.2, 0.25) is 0 Å². The van der Waals surface area contributed by atoms with Gasteiger partial charge in [0.1, 0.15) is 9.84 Å². The normalized spacial score (nSPS) is 19.2. The molecule has 16 heavy (non-hydrogen) atoms. The van der Waals surface area contributed by atoms with Crippen LogP contribution in [0.1, 0.15) is 12.8 Å². The van der Waals surface area contributed by atoms with E-state index in [9.17, 15) is 21.6 Å². The van der Waals surface area contributed by atoms with Gasteiger partial charge in [-0.2, -0.15) is 21.6 Å². The number of sulfone groups is 1. The Hall–Kier alpha value is 0.247. The summed E-state index contributed by atoms with van der Waals surface area (Å²) >= 11 is 0. The quantitative estimate of drug-likeness (QED) is 0.381. The number of alkyl halides is 3. The van der Waals surface area contributed by atoms with Crippen molar-refractivity contribution in [3.8, 4) is 0 Å². The van der Waals surface area contributed by atoms with Crippen molar-refractivity contribution in [2.24, 2.45) is 0 Å². The van der Waals surface area contributed by atoms with Gasteiger partial charge >= 0.3 is 34.5 Å². The van der Waals surface area contributed by atoms with Gasteiger partial charge in [0.05, 0.1) is 11.5 Å². The van der Waals surface area contributed by atoms with Crippen LogP contribution in [0.15, 0.2) is 0 Å². The maximum atomic E-state index is 10.7. The van der Waals surface area contributed by atoms with Crippen molar-refractivity contribution in [2.75, 3.05) is 11.5 Å². The minimum atomic E-state index is -5.84. The van der Waals surface area contributed by atoms with Crippen molar-refractivity contribution in [1.82, 2.24) is 0 Å². The zero-order valence-corrected chi connectivity index (χ0v) is 8.99. The number of rotatable bonds is 0. The summed E-state index contributed by atoms with van der Waals surface area (Å²) in [4.78, 5) is 0. The van der Waals surface area contributed by atoms with Crippen molar-refractivity contribution in [1.29, 1.82) is 0 Å². The molecular formula is C5H10F3LiO5S2. The van der Waals surface area contributed by atoms with Crippen LogP contribution in [0.25, 0.3) is 0 Å². The Morgan fingerprint density at radius 2 is 1.31 bits per heavy atom. The predicted molar refractivity (Wildman–Crippen MR) is 52.6 cm³/mol. The third kappa shape index (κ3) is 7.51. The van der Waals surface area contributed by atoms with Crippen LogP contribution in [-0.4, -0.2) is 57.3 Å². The summed E-state index contributed by atoms with van der Waals surface area (Å²) in [6.07, 6.45) is 1.75. The van der Waals surface area contributed by atoms with Gasteiger partial charge in [-0.15, -0.1) is 0 Å². The van der Waals surface area contributed by atoms with Gasteiger partial charge in [-0.1, -0.05) is 0 Å². The Morgan fingerprint density at radius 3 is 1.38 bits per heavy atom. The van der Waals surface area contributed by atoms with E-state index in [0.29, 0.717) is 11.5 Å². The van der Waals surface area contributed by atoms with E-state index in [1.807, 2.05) is 0 Å². The number of hydrogen-bond donors (Lipinski definition) is 1. The van der Waals surface area contributed by atoms with Crippen LogP contribution in [0.5, 0.6) is 0 Å². The monoisotopic (exact) mass is 278 g/mol. The summed E-state index contributed by atoms with van der Waals surface area (Å²) in [5, 5.41) is 0. The summed E-state index contributed by atoms with van der Waals surface area (Å²) in [6, 6.07) is 0. The molecule has 0 aromatic rings. The summed E-state index contributed by atoms with van der Waals surface area (Å²) < 4.78 is 78.4. The standard InChI is InChI=1S/C4H8O2S.CHF3O3S.Li.H/c5-7(6)3-1-2-4-7;2-1(3,4)8(5,6)7;;/h1-4H2;(H,5,6,7);;. The maximum absolute atomic E-state index is 10.7. The van der Waals surface area contributed by atoms with Crippen LogP contribution >= 0.6 is 0 Å². The fourth-order valence-electron chi connectivity index (χ4n) is 0.746. The van der Waals surface area contributed by atoms with Gasteiger partial charge in [-0.3, -0.25) is 4.55 Å². The molecule has 11 heteroatoms. The van der Waals surface area contributed by atoms with Crippen molar-refractivity contribution >= 4 is 38.8 Å². The molecule has 0 unspecified atom stereocenters. The summed E-state index contributed by atoms with van der Waals surface area (Å²) in [6.45, 7) is 0. The van der Waals surface area contributed by atoms with E-state index in [1.165, 1.54) is 0 Å². The molecule has 5 nitrogen and oxygen atoms in total. The molecule has 1 heterocycles. The van der Waals surface area contributed by atoms with Gasteiger partial charge in [0.15, 0.2) is 0 Å². The number of hydrogen-bond acceptors (Lipinski definition) is 4. The predicted octanol–water partition coefficient (Wildman–Crippen LogP) is -0.0595. The van der Waals surface area contributed by atoms with Crippen LogP contribution in [0.2, 0.25) is 0 Å². The van der Waals surface area contributed by atoms with Crippen molar-refractivity contribution in [3.05, 3.63) is 0 Å². The van der Waals surface area contributed by atoms with Crippen molar-refractivity contribution < 1.29 is 34.6 Å². The summed E-state index contributed by atoms with van der Waals surface area (Å²) in [7, 11) is -8.39. The first-order valence-electron chi connectivity index (χ1n) is 3.70. The van der Waals surface area contributed by atoms with E-state index in [1.54, 1.807) is 0 Å². The van der Waals surface area contributed by atoms with E-state index in [4.69, 9.17) is 13.0 Å². The summed E-state index contributed by atoms with van der Waals surface area (Å²) in [5.41, 5.74) is -5.53. The Balaban J connectivity index is 0. The zero-order valence-electron chi connectivity index (χ0n) is 7.36. The second-order valence-corrected chi connectivity index (χ2v) is 6.50. The van der Waals surface area contributed by atoms with Gasteiger partial charge in [0, 0.05) is 0 Å². The fraction of sp³-hybridized carbons (Fsp3) is 1.00. The van der Waals surface area contributed by atoms with Crippen LogP contribution in [-0.2, 0) is 20.0 Å².